The number of aryl methyl sites for hydroxylation is 1. The molecule has 4 nitrogen and oxygen atoms in total. The molecule has 2 N–H and O–H groups in total. The van der Waals surface area contributed by atoms with Gasteiger partial charge in [0.15, 0.2) is 0 Å². The summed E-state index contributed by atoms with van der Waals surface area (Å²) >= 11 is 7.04. The van der Waals surface area contributed by atoms with Crippen LogP contribution in [-0.2, 0) is 0 Å². The maximum atomic E-state index is 4.26. The highest BCUT2D eigenvalue weighted by Gasteiger charge is 2.09. The normalized spacial score (nSPS) is 10.3. The van der Waals surface area contributed by atoms with E-state index in [0.29, 0.717) is 0 Å². The maximum Gasteiger partial charge on any atom is 0.150 e. The Balaban J connectivity index is 2.33. The van der Waals surface area contributed by atoms with Crippen molar-refractivity contribution < 1.29 is 0 Å². The van der Waals surface area contributed by atoms with E-state index >= 15 is 0 Å². The van der Waals surface area contributed by atoms with Gasteiger partial charge in [0.25, 0.3) is 0 Å². The molecule has 0 bridgehead atoms. The van der Waals surface area contributed by atoms with Crippen LogP contribution in [0.4, 0.5) is 17.3 Å². The molecule has 0 saturated carbocycles. The first-order valence-electron chi connectivity index (χ1n) is 5.89. The highest BCUT2D eigenvalue weighted by atomic mass is 79.9. The lowest BCUT2D eigenvalue weighted by atomic mass is 10.2. The van der Waals surface area contributed by atoms with Crippen LogP contribution >= 0.6 is 31.9 Å². The number of benzene rings is 1. The second-order valence-corrected chi connectivity index (χ2v) is 5.67. The Labute approximate surface area is 129 Å². The molecule has 0 spiro atoms. The van der Waals surface area contributed by atoms with Crippen molar-refractivity contribution in [2.24, 2.45) is 0 Å². The zero-order valence-electron chi connectivity index (χ0n) is 10.7. The molecule has 0 fully saturated rings. The van der Waals surface area contributed by atoms with Gasteiger partial charge >= 0.3 is 0 Å². The van der Waals surface area contributed by atoms with Crippen LogP contribution in [0.15, 0.2) is 33.5 Å². The van der Waals surface area contributed by atoms with Crippen molar-refractivity contribution in [2.45, 2.75) is 13.8 Å². The smallest absolute Gasteiger partial charge is 0.150 e. The first-order chi connectivity index (χ1) is 9.11. The Morgan fingerprint density at radius 3 is 2.63 bits per heavy atom. The van der Waals surface area contributed by atoms with E-state index in [9.17, 15) is 0 Å². The zero-order valence-corrected chi connectivity index (χ0v) is 13.8. The van der Waals surface area contributed by atoms with Gasteiger partial charge in [-0.3, -0.25) is 0 Å². The minimum atomic E-state index is 0.734. The molecule has 1 aromatic heterocycles. The van der Waals surface area contributed by atoms with Crippen LogP contribution in [0.2, 0.25) is 0 Å². The summed E-state index contributed by atoms with van der Waals surface area (Å²) in [4.78, 5) is 8.45. The van der Waals surface area contributed by atoms with Gasteiger partial charge in [0.2, 0.25) is 0 Å². The molecule has 0 amide bonds. The fourth-order valence-electron chi connectivity index (χ4n) is 1.61. The van der Waals surface area contributed by atoms with Crippen molar-refractivity contribution in [3.05, 3.63) is 39.0 Å². The topological polar surface area (TPSA) is 49.8 Å². The molecular weight excluding hydrogens is 372 g/mol. The average molecular weight is 386 g/mol. The van der Waals surface area contributed by atoms with Gasteiger partial charge in [-0.05, 0) is 63.4 Å². The molecule has 0 aliphatic rings. The van der Waals surface area contributed by atoms with Gasteiger partial charge < -0.3 is 10.6 Å². The molecule has 1 heterocycles. The molecule has 0 atom stereocenters. The second kappa shape index (κ2) is 6.34. The van der Waals surface area contributed by atoms with E-state index in [-0.39, 0.29) is 0 Å². The second-order valence-electron chi connectivity index (χ2n) is 4.02. The Morgan fingerprint density at radius 2 is 1.89 bits per heavy atom. The lowest BCUT2D eigenvalue weighted by molar-refractivity contribution is 1.10. The van der Waals surface area contributed by atoms with Crippen LogP contribution in [0.25, 0.3) is 0 Å². The van der Waals surface area contributed by atoms with Gasteiger partial charge in [-0.15, -0.1) is 0 Å². The van der Waals surface area contributed by atoms with Crippen molar-refractivity contribution in [1.82, 2.24) is 9.97 Å². The Morgan fingerprint density at radius 1 is 1.16 bits per heavy atom. The number of anilines is 3. The third kappa shape index (κ3) is 3.45. The van der Waals surface area contributed by atoms with Crippen LogP contribution in [0.1, 0.15) is 12.5 Å². The lowest BCUT2D eigenvalue weighted by Crippen LogP contribution is -2.04. The van der Waals surface area contributed by atoms with Crippen LogP contribution in [-0.4, -0.2) is 16.5 Å². The highest BCUT2D eigenvalue weighted by molar-refractivity contribution is 9.11. The molecule has 0 aliphatic heterocycles. The number of hydrogen-bond donors (Lipinski definition) is 2. The van der Waals surface area contributed by atoms with E-state index in [4.69, 9.17) is 0 Å². The van der Waals surface area contributed by atoms with E-state index in [2.05, 4.69) is 65.5 Å². The predicted molar refractivity (Wildman–Crippen MR) is 86.1 cm³/mol. The minimum absolute atomic E-state index is 0.734. The van der Waals surface area contributed by atoms with Gasteiger partial charge in [-0.2, -0.15) is 0 Å². The first-order valence-corrected chi connectivity index (χ1v) is 7.48. The molecule has 0 unspecified atom stereocenters. The third-order valence-corrected chi connectivity index (χ3v) is 3.95. The largest absolute Gasteiger partial charge is 0.369 e. The molecule has 2 rings (SSSR count). The van der Waals surface area contributed by atoms with Gasteiger partial charge in [-0.25, -0.2) is 9.97 Å². The van der Waals surface area contributed by atoms with Crippen molar-refractivity contribution in [1.29, 1.82) is 0 Å². The standard InChI is InChI=1S/C13H14Br2N4/c1-3-16-12-11(15)13(18-7-17-12)19-10-6-8(2)4-5-9(10)14/h4-7H,3H2,1-2H3,(H2,16,17,18,19). The van der Waals surface area contributed by atoms with Crippen LogP contribution in [0.3, 0.4) is 0 Å². The number of halogens is 2. The number of rotatable bonds is 4. The zero-order chi connectivity index (χ0) is 13.8. The van der Waals surface area contributed by atoms with Crippen molar-refractivity contribution in [3.63, 3.8) is 0 Å². The third-order valence-electron chi connectivity index (χ3n) is 2.51. The van der Waals surface area contributed by atoms with Crippen LogP contribution < -0.4 is 10.6 Å². The molecule has 0 radical (unpaired) electrons. The van der Waals surface area contributed by atoms with Gasteiger partial charge in [-0.1, -0.05) is 6.07 Å². The molecular formula is C13H14Br2N4. The Bertz CT molecular complexity index is 587. The van der Waals surface area contributed by atoms with Crippen LogP contribution in [0.5, 0.6) is 0 Å². The monoisotopic (exact) mass is 384 g/mol. The molecule has 1 aromatic carbocycles. The minimum Gasteiger partial charge on any atom is -0.369 e. The number of nitrogens with one attached hydrogen (secondary N) is 2. The molecule has 6 heteroatoms. The summed E-state index contributed by atoms with van der Waals surface area (Å²) < 4.78 is 1.82. The molecule has 0 aliphatic carbocycles. The summed E-state index contributed by atoms with van der Waals surface area (Å²) in [5, 5.41) is 6.47. The summed E-state index contributed by atoms with van der Waals surface area (Å²) in [6.07, 6.45) is 1.54. The van der Waals surface area contributed by atoms with Crippen molar-refractivity contribution in [3.8, 4) is 0 Å². The fourth-order valence-corrected chi connectivity index (χ4v) is 2.40. The Hall–Kier alpha value is -1.14. The summed E-state index contributed by atoms with van der Waals surface area (Å²) in [5.41, 5.74) is 2.16. The quantitative estimate of drug-likeness (QED) is 0.814. The van der Waals surface area contributed by atoms with E-state index in [1.807, 2.05) is 19.1 Å². The molecule has 2 aromatic rings. The van der Waals surface area contributed by atoms with E-state index in [1.165, 1.54) is 11.9 Å². The molecule has 19 heavy (non-hydrogen) atoms. The molecule has 0 saturated heterocycles. The predicted octanol–water partition coefficient (Wildman–Crippen LogP) is 4.49. The van der Waals surface area contributed by atoms with E-state index in [1.54, 1.807) is 0 Å². The first kappa shape index (κ1) is 14.3. The summed E-state index contributed by atoms with van der Waals surface area (Å²) in [6.45, 7) is 4.89. The van der Waals surface area contributed by atoms with E-state index < -0.39 is 0 Å². The summed E-state index contributed by atoms with van der Waals surface area (Å²) in [6, 6.07) is 6.12. The van der Waals surface area contributed by atoms with Crippen LogP contribution in [0, 0.1) is 6.92 Å². The maximum absolute atomic E-state index is 4.26. The SMILES string of the molecule is CCNc1ncnc(Nc2cc(C)ccc2Br)c1Br. The highest BCUT2D eigenvalue weighted by Crippen LogP contribution is 2.32. The summed E-state index contributed by atoms with van der Waals surface area (Å²) in [7, 11) is 0. The number of nitrogens with zero attached hydrogens (tertiary/aromatic N) is 2. The Kier molecular flexibility index (Phi) is 4.76. The van der Waals surface area contributed by atoms with Crippen molar-refractivity contribution >= 4 is 49.2 Å². The van der Waals surface area contributed by atoms with Crippen molar-refractivity contribution in [2.75, 3.05) is 17.2 Å². The van der Waals surface area contributed by atoms with E-state index in [0.717, 1.165) is 32.8 Å². The van der Waals surface area contributed by atoms with Gasteiger partial charge in [0, 0.05) is 11.0 Å². The number of hydrogen-bond acceptors (Lipinski definition) is 4. The van der Waals surface area contributed by atoms with Gasteiger partial charge in [0.05, 0.1) is 5.69 Å². The average Bonchev–Trinajstić information content (AvgIpc) is 2.39. The lowest BCUT2D eigenvalue weighted by Gasteiger charge is -2.12. The fraction of sp³-hybridized carbons (Fsp3) is 0.231. The van der Waals surface area contributed by atoms with Gasteiger partial charge in [0.1, 0.15) is 22.4 Å². The molecule has 100 valence electrons. The number of aromatic nitrogens is 2. The summed E-state index contributed by atoms with van der Waals surface area (Å²) in [5.74, 6) is 1.51.